The number of hydrogen-bond acceptors (Lipinski definition) is 2. The van der Waals surface area contributed by atoms with E-state index in [1.54, 1.807) is 0 Å². The molecule has 0 N–H and O–H groups in total. The van der Waals surface area contributed by atoms with Crippen molar-refractivity contribution >= 4 is 10.8 Å². The number of nitrogens with zero attached hydrogens (tertiary/aromatic N) is 2. The van der Waals surface area contributed by atoms with E-state index in [0.717, 1.165) is 33.6 Å². The summed E-state index contributed by atoms with van der Waals surface area (Å²) in [6, 6.07) is 37.6. The molecule has 0 aliphatic heterocycles. The molecule has 2 nitrogen and oxygen atoms in total. The molecule has 0 aliphatic carbocycles. The van der Waals surface area contributed by atoms with Crippen LogP contribution in [0.25, 0.3) is 44.4 Å². The molecule has 0 fully saturated rings. The highest BCUT2D eigenvalue weighted by Gasteiger charge is 2.13. The molecule has 2 heteroatoms. The van der Waals surface area contributed by atoms with Gasteiger partial charge in [-0.2, -0.15) is 0 Å². The first-order chi connectivity index (χ1) is 13.9. The molecule has 1 aromatic heterocycles. The van der Waals surface area contributed by atoms with Gasteiger partial charge in [0.25, 0.3) is 0 Å². The third kappa shape index (κ3) is 3.06. The van der Waals surface area contributed by atoms with Gasteiger partial charge in [0.2, 0.25) is 0 Å². The fraction of sp³-hybridized carbons (Fsp3) is 0. The number of hydrogen-bond donors (Lipinski definition) is 0. The van der Waals surface area contributed by atoms with Crippen LogP contribution in [-0.2, 0) is 0 Å². The quantitative estimate of drug-likeness (QED) is 0.362. The fourth-order valence-electron chi connectivity index (χ4n) is 3.53. The number of fused-ring (bicyclic) bond motifs is 1. The summed E-state index contributed by atoms with van der Waals surface area (Å²) in [4.78, 5) is 0. The molecule has 0 saturated carbocycles. The maximum Gasteiger partial charge on any atom is 0.101 e. The highest BCUT2D eigenvalue weighted by molar-refractivity contribution is 5.90. The van der Waals surface area contributed by atoms with Crippen LogP contribution in [-0.4, -0.2) is 10.2 Å². The Labute approximate surface area is 164 Å². The van der Waals surface area contributed by atoms with Gasteiger partial charge in [0.15, 0.2) is 0 Å². The van der Waals surface area contributed by atoms with Crippen molar-refractivity contribution in [3.63, 3.8) is 0 Å². The van der Waals surface area contributed by atoms with E-state index in [2.05, 4.69) is 95.1 Å². The van der Waals surface area contributed by atoms with Gasteiger partial charge >= 0.3 is 0 Å². The Kier molecular flexibility index (Phi) is 4.15. The van der Waals surface area contributed by atoms with Crippen LogP contribution >= 0.6 is 0 Å². The molecule has 5 aromatic rings. The highest BCUT2D eigenvalue weighted by atomic mass is 15.1. The largest absolute Gasteiger partial charge is 0.150 e. The van der Waals surface area contributed by atoms with Crippen LogP contribution in [0.5, 0.6) is 0 Å². The van der Waals surface area contributed by atoms with Crippen molar-refractivity contribution in [3.8, 4) is 33.6 Å². The Bertz CT molecular complexity index is 1250. The lowest BCUT2D eigenvalue weighted by molar-refractivity contribution is 1.05. The van der Waals surface area contributed by atoms with Crippen LogP contribution in [0.2, 0.25) is 0 Å². The van der Waals surface area contributed by atoms with E-state index in [1.165, 1.54) is 10.8 Å². The average Bonchev–Trinajstić information content (AvgIpc) is 2.79. The number of rotatable bonds is 3. The van der Waals surface area contributed by atoms with E-state index < -0.39 is 0 Å². The van der Waals surface area contributed by atoms with E-state index in [4.69, 9.17) is 0 Å². The predicted octanol–water partition coefficient (Wildman–Crippen LogP) is 6.63. The maximum absolute atomic E-state index is 4.66. The summed E-state index contributed by atoms with van der Waals surface area (Å²) < 4.78 is 0. The van der Waals surface area contributed by atoms with Gasteiger partial charge < -0.3 is 0 Å². The summed E-state index contributed by atoms with van der Waals surface area (Å²) in [6.45, 7) is 0. The second kappa shape index (κ2) is 7.09. The van der Waals surface area contributed by atoms with Crippen LogP contribution in [0.1, 0.15) is 0 Å². The van der Waals surface area contributed by atoms with Crippen LogP contribution in [0.15, 0.2) is 109 Å². The summed E-state index contributed by atoms with van der Waals surface area (Å²) in [5.41, 5.74) is 6.14. The monoisotopic (exact) mass is 358 g/mol. The van der Waals surface area contributed by atoms with E-state index in [-0.39, 0.29) is 0 Å². The Balaban J connectivity index is 1.72. The summed E-state index contributed by atoms with van der Waals surface area (Å²) in [5.74, 6) is 0. The van der Waals surface area contributed by atoms with Gasteiger partial charge in [0.1, 0.15) is 5.69 Å². The minimum absolute atomic E-state index is 0.879. The topological polar surface area (TPSA) is 25.8 Å². The fourth-order valence-corrected chi connectivity index (χ4v) is 3.53. The first-order valence-electron chi connectivity index (χ1n) is 9.36. The minimum Gasteiger partial charge on any atom is -0.150 e. The molecule has 0 spiro atoms. The lowest BCUT2D eigenvalue weighted by Gasteiger charge is -2.11. The zero-order chi connectivity index (χ0) is 18.8. The molecular formula is C26H18N2. The van der Waals surface area contributed by atoms with Crippen molar-refractivity contribution in [1.82, 2.24) is 10.2 Å². The predicted molar refractivity (Wildman–Crippen MR) is 116 cm³/mol. The van der Waals surface area contributed by atoms with Gasteiger partial charge in [0.05, 0.1) is 5.69 Å². The third-order valence-electron chi connectivity index (χ3n) is 4.97. The third-order valence-corrected chi connectivity index (χ3v) is 4.97. The van der Waals surface area contributed by atoms with Gasteiger partial charge in [-0.15, -0.1) is 10.2 Å². The molecule has 0 bridgehead atoms. The van der Waals surface area contributed by atoms with E-state index in [0.29, 0.717) is 0 Å². The first-order valence-corrected chi connectivity index (χ1v) is 9.36. The van der Waals surface area contributed by atoms with Crippen LogP contribution in [0.4, 0.5) is 0 Å². The molecule has 0 aliphatic rings. The van der Waals surface area contributed by atoms with E-state index >= 15 is 0 Å². The Morgan fingerprint density at radius 2 is 1.07 bits per heavy atom. The summed E-state index contributed by atoms with van der Waals surface area (Å²) in [5, 5.41) is 11.6. The Hall–Kier alpha value is -3.78. The molecule has 0 amide bonds. The molecule has 28 heavy (non-hydrogen) atoms. The zero-order valence-electron chi connectivity index (χ0n) is 15.3. The van der Waals surface area contributed by atoms with Crippen molar-refractivity contribution in [2.75, 3.05) is 0 Å². The molecule has 0 saturated heterocycles. The standard InChI is InChI=1S/C26H18N2/c1-3-10-20(11-4-1)24-18-25(21-12-5-2-6-13-21)27-28-26(24)23-16-15-19-9-7-8-14-22(19)17-23/h1-18H. The molecule has 0 atom stereocenters. The Morgan fingerprint density at radius 1 is 0.429 bits per heavy atom. The van der Waals surface area contributed by atoms with Gasteiger partial charge in [-0.3, -0.25) is 0 Å². The number of aromatic nitrogens is 2. The minimum atomic E-state index is 0.879. The van der Waals surface area contributed by atoms with E-state index in [9.17, 15) is 0 Å². The summed E-state index contributed by atoms with van der Waals surface area (Å²) in [6.07, 6.45) is 0. The Morgan fingerprint density at radius 3 is 1.82 bits per heavy atom. The second-order valence-electron chi connectivity index (χ2n) is 6.79. The van der Waals surface area contributed by atoms with Crippen LogP contribution in [0, 0.1) is 0 Å². The lowest BCUT2D eigenvalue weighted by Crippen LogP contribution is -1.95. The molecule has 132 valence electrons. The molecule has 0 radical (unpaired) electrons. The molecule has 0 unspecified atom stereocenters. The van der Waals surface area contributed by atoms with Crippen molar-refractivity contribution in [3.05, 3.63) is 109 Å². The number of benzene rings is 4. The molecule has 1 heterocycles. The van der Waals surface area contributed by atoms with Gasteiger partial charge in [0, 0.05) is 16.7 Å². The van der Waals surface area contributed by atoms with Crippen molar-refractivity contribution in [1.29, 1.82) is 0 Å². The van der Waals surface area contributed by atoms with Crippen LogP contribution in [0.3, 0.4) is 0 Å². The summed E-state index contributed by atoms with van der Waals surface area (Å²) >= 11 is 0. The normalized spacial score (nSPS) is 10.9. The second-order valence-corrected chi connectivity index (χ2v) is 6.79. The molecular weight excluding hydrogens is 340 g/mol. The van der Waals surface area contributed by atoms with Gasteiger partial charge in [-0.25, -0.2) is 0 Å². The lowest BCUT2D eigenvalue weighted by atomic mass is 9.96. The van der Waals surface area contributed by atoms with E-state index in [1.807, 2.05) is 24.3 Å². The molecule has 4 aromatic carbocycles. The smallest absolute Gasteiger partial charge is 0.101 e. The average molecular weight is 358 g/mol. The van der Waals surface area contributed by atoms with Crippen molar-refractivity contribution in [2.24, 2.45) is 0 Å². The SMILES string of the molecule is c1ccc(-c2cc(-c3ccccc3)c(-c3ccc4ccccc4c3)nn2)cc1. The first kappa shape index (κ1) is 16.4. The summed E-state index contributed by atoms with van der Waals surface area (Å²) in [7, 11) is 0. The van der Waals surface area contributed by atoms with Gasteiger partial charge in [-0.05, 0) is 28.5 Å². The van der Waals surface area contributed by atoms with Crippen LogP contribution < -0.4 is 0 Å². The van der Waals surface area contributed by atoms with Crippen molar-refractivity contribution < 1.29 is 0 Å². The van der Waals surface area contributed by atoms with Crippen molar-refractivity contribution in [2.45, 2.75) is 0 Å². The zero-order valence-corrected chi connectivity index (χ0v) is 15.3. The highest BCUT2D eigenvalue weighted by Crippen LogP contribution is 2.33. The maximum atomic E-state index is 4.66. The molecule has 5 rings (SSSR count). The van der Waals surface area contributed by atoms with Gasteiger partial charge in [-0.1, -0.05) is 97.1 Å².